The van der Waals surface area contributed by atoms with Gasteiger partial charge < -0.3 is 0 Å². The molecule has 5 amide bonds. The molecule has 1 saturated heterocycles. The average Bonchev–Trinajstić information content (AvgIpc) is 2.79. The Kier molecular flexibility index (Phi) is 6.69. The summed E-state index contributed by atoms with van der Waals surface area (Å²) in [6.45, 7) is -0.436. The molecule has 3 heterocycles. The van der Waals surface area contributed by atoms with Crippen LogP contribution in [0.25, 0.3) is 0 Å². The van der Waals surface area contributed by atoms with Crippen LogP contribution in [0, 0.1) is 5.92 Å². The van der Waals surface area contributed by atoms with Gasteiger partial charge in [-0.15, -0.1) is 4.83 Å². The number of pyridine rings is 1. The maximum atomic E-state index is 13.0. The smallest absolute Gasteiger partial charge is 0.277 e. The van der Waals surface area contributed by atoms with Crippen LogP contribution >= 0.6 is 11.6 Å². The van der Waals surface area contributed by atoms with Crippen molar-refractivity contribution >= 4 is 61.2 Å². The van der Waals surface area contributed by atoms with Crippen LogP contribution in [0.3, 0.4) is 0 Å². The van der Waals surface area contributed by atoms with Crippen molar-refractivity contribution in [2.75, 3.05) is 0 Å². The quantitative estimate of drug-likeness (QED) is 0.118. The Morgan fingerprint density at radius 1 is 1.16 bits per heavy atom. The fraction of sp³-hybridized carbons (Fsp3) is 0.111. The first-order chi connectivity index (χ1) is 17.3. The van der Waals surface area contributed by atoms with Crippen LogP contribution in [-0.2, 0) is 36.2 Å². The van der Waals surface area contributed by atoms with Gasteiger partial charge in [-0.3, -0.25) is 35.0 Å². The second kappa shape index (κ2) is 9.48. The molecule has 0 atom stereocenters. The number of primary sulfonamides is 1. The number of hydrazine groups is 1. The number of aromatic nitrogens is 1. The van der Waals surface area contributed by atoms with Crippen LogP contribution in [0.5, 0.6) is 0 Å². The average molecular weight is 571 g/mol. The highest BCUT2D eigenvalue weighted by Crippen LogP contribution is 2.31. The van der Waals surface area contributed by atoms with Crippen molar-refractivity contribution < 1.29 is 36.0 Å². The van der Waals surface area contributed by atoms with Gasteiger partial charge in [0.25, 0.3) is 15.9 Å². The van der Waals surface area contributed by atoms with E-state index in [1.165, 1.54) is 24.5 Å². The van der Waals surface area contributed by atoms with Crippen molar-refractivity contribution in [3.05, 3.63) is 52.8 Å². The zero-order valence-electron chi connectivity index (χ0n) is 18.1. The maximum absolute atomic E-state index is 13.0. The third-order valence-electron chi connectivity index (χ3n) is 5.02. The lowest BCUT2D eigenvalue weighted by molar-refractivity contribution is -0.133. The summed E-state index contributed by atoms with van der Waals surface area (Å²) in [5, 5.41) is 13.0. The monoisotopic (exact) mass is 570 g/mol. The number of barbiturate groups is 1. The molecule has 0 bridgehead atoms. The molecule has 0 radical (unpaired) electrons. The minimum absolute atomic E-state index is 0.0583. The number of hydrogen-bond acceptors (Lipinski definition) is 10. The van der Waals surface area contributed by atoms with Crippen LogP contribution in [-0.4, -0.2) is 56.4 Å². The predicted octanol–water partition coefficient (Wildman–Crippen LogP) is -1.88. The molecule has 4 rings (SSSR count). The van der Waals surface area contributed by atoms with E-state index in [0.717, 1.165) is 17.1 Å². The van der Waals surface area contributed by atoms with Gasteiger partial charge in [-0.2, -0.15) is 5.10 Å². The normalized spacial score (nSPS) is 18.1. The Morgan fingerprint density at radius 3 is 2.38 bits per heavy atom. The molecule has 1 aromatic carbocycles. The van der Waals surface area contributed by atoms with Crippen LogP contribution < -0.4 is 26.0 Å². The Morgan fingerprint density at radius 2 is 1.78 bits per heavy atom. The molecule has 1 fully saturated rings. The van der Waals surface area contributed by atoms with E-state index in [1.807, 2.05) is 10.6 Å². The first kappa shape index (κ1) is 26.1. The molecule has 2 aliphatic heterocycles. The number of rotatable bonds is 4. The Labute approximate surface area is 213 Å². The number of nitrogens with zero attached hydrogens (tertiary/aromatic N) is 3. The van der Waals surface area contributed by atoms with Gasteiger partial charge in [-0.25, -0.2) is 32.2 Å². The van der Waals surface area contributed by atoms with Crippen LogP contribution in [0.1, 0.15) is 15.9 Å². The van der Waals surface area contributed by atoms with Crippen molar-refractivity contribution in [3.63, 3.8) is 0 Å². The number of hydrogen-bond donors (Lipinski definition) is 5. The lowest BCUT2D eigenvalue weighted by atomic mass is 10.0. The van der Waals surface area contributed by atoms with Gasteiger partial charge in [0.15, 0.2) is 11.8 Å². The molecule has 0 aliphatic carbocycles. The van der Waals surface area contributed by atoms with Crippen LogP contribution in [0.2, 0.25) is 5.02 Å². The van der Waals surface area contributed by atoms with E-state index in [0.29, 0.717) is 0 Å². The second-order valence-corrected chi connectivity index (χ2v) is 11.1. The van der Waals surface area contributed by atoms with Gasteiger partial charge >= 0.3 is 6.03 Å². The molecule has 16 nitrogen and oxygen atoms in total. The zero-order valence-corrected chi connectivity index (χ0v) is 20.5. The number of amidine groups is 1. The summed E-state index contributed by atoms with van der Waals surface area (Å²) in [5.74, 6) is -5.62. The summed E-state index contributed by atoms with van der Waals surface area (Å²) >= 11 is 6.00. The first-order valence-corrected chi connectivity index (χ1v) is 13.3. The molecular formula is C18H15ClN8O8S2. The summed E-state index contributed by atoms with van der Waals surface area (Å²) in [6.07, 6.45) is 2.64. The van der Waals surface area contributed by atoms with Gasteiger partial charge in [-0.05, 0) is 29.8 Å². The third-order valence-corrected chi connectivity index (χ3v) is 7.81. The van der Waals surface area contributed by atoms with E-state index in [4.69, 9.17) is 16.7 Å². The lowest BCUT2D eigenvalue weighted by Crippen LogP contribution is -2.62. The highest BCUT2D eigenvalue weighted by atomic mass is 35.5. The van der Waals surface area contributed by atoms with E-state index >= 15 is 0 Å². The molecule has 0 saturated carbocycles. The number of benzene rings is 1. The topological polar surface area (TPSA) is 239 Å². The molecule has 0 unspecified atom stereocenters. The SMILES string of the molecule is NS(=O)(=O)c1cc2c(cc1Cl)CN(/C(=N/NC(=O)c1ccncc1)C1C(=O)NC(=O)NC1=O)NS2(=O)=O. The molecule has 1 aromatic heterocycles. The highest BCUT2D eigenvalue weighted by Gasteiger charge is 2.43. The maximum Gasteiger partial charge on any atom is 0.328 e. The number of sulfonamides is 2. The van der Waals surface area contributed by atoms with Crippen molar-refractivity contribution in [3.8, 4) is 0 Å². The minimum Gasteiger partial charge on any atom is -0.277 e. The summed E-state index contributed by atoms with van der Waals surface area (Å²) in [6, 6.07) is 3.35. The van der Waals surface area contributed by atoms with Crippen molar-refractivity contribution in [1.82, 2.24) is 30.9 Å². The molecular weight excluding hydrogens is 556 g/mol. The highest BCUT2D eigenvalue weighted by molar-refractivity contribution is 7.90. The molecule has 2 aromatic rings. The number of carbonyl (C=O) groups is 4. The lowest BCUT2D eigenvalue weighted by Gasteiger charge is -2.34. The third kappa shape index (κ3) is 5.27. The van der Waals surface area contributed by atoms with Crippen molar-refractivity contribution in [2.45, 2.75) is 16.3 Å². The van der Waals surface area contributed by atoms with Crippen LogP contribution in [0.4, 0.5) is 4.79 Å². The van der Waals surface area contributed by atoms with Gasteiger partial charge in [0.1, 0.15) is 4.90 Å². The summed E-state index contributed by atoms with van der Waals surface area (Å²) < 4.78 is 49.6. The number of nitrogens with two attached hydrogens (primary N) is 1. The van der Waals surface area contributed by atoms with Crippen molar-refractivity contribution in [2.24, 2.45) is 16.2 Å². The number of nitrogens with one attached hydrogen (secondary N) is 4. The number of hydrazone groups is 1. The number of carbonyl (C=O) groups excluding carboxylic acids is 4. The molecule has 6 N–H and O–H groups in total. The number of imide groups is 2. The molecule has 19 heteroatoms. The minimum atomic E-state index is -4.55. The number of halogens is 1. The fourth-order valence-electron chi connectivity index (χ4n) is 3.40. The van der Waals surface area contributed by atoms with E-state index in [1.54, 1.807) is 0 Å². The Balaban J connectivity index is 1.78. The largest absolute Gasteiger partial charge is 0.328 e. The predicted molar refractivity (Wildman–Crippen MR) is 123 cm³/mol. The van der Waals surface area contributed by atoms with E-state index in [-0.39, 0.29) is 16.1 Å². The first-order valence-electron chi connectivity index (χ1n) is 9.87. The second-order valence-electron chi connectivity index (χ2n) is 7.50. The summed E-state index contributed by atoms with van der Waals surface area (Å²) in [4.78, 5) is 53.7. The van der Waals surface area contributed by atoms with Crippen molar-refractivity contribution in [1.29, 1.82) is 0 Å². The molecule has 37 heavy (non-hydrogen) atoms. The Hall–Kier alpha value is -3.97. The Bertz CT molecular complexity index is 1570. The van der Waals surface area contributed by atoms with Gasteiger partial charge in [0, 0.05) is 18.0 Å². The van der Waals surface area contributed by atoms with Crippen LogP contribution in [0.15, 0.2) is 51.6 Å². The van der Waals surface area contributed by atoms with E-state index < -0.39 is 71.9 Å². The molecule has 0 spiro atoms. The molecule has 2 aliphatic rings. The van der Waals surface area contributed by atoms with Gasteiger partial charge in [0.05, 0.1) is 16.5 Å². The molecule has 194 valence electrons. The summed E-state index contributed by atoms with van der Waals surface area (Å²) in [7, 11) is -8.93. The number of amides is 5. The van der Waals surface area contributed by atoms with Gasteiger partial charge in [0.2, 0.25) is 21.8 Å². The van der Waals surface area contributed by atoms with E-state index in [9.17, 15) is 36.0 Å². The van der Waals surface area contributed by atoms with E-state index in [2.05, 4.69) is 20.3 Å². The van der Waals surface area contributed by atoms with Gasteiger partial charge in [-0.1, -0.05) is 11.6 Å². The summed E-state index contributed by atoms with van der Waals surface area (Å²) in [5.41, 5.74) is 2.15. The fourth-order valence-corrected chi connectivity index (χ4v) is 5.89. The number of urea groups is 1. The zero-order chi connectivity index (χ0) is 27.1. The number of fused-ring (bicyclic) bond motifs is 1. The standard InChI is InChI=1S/C18H15ClN8O8S2/c19-10-5-9-7-27(26-37(34,35)11(9)6-12(10)36(20,32)33)14(13-16(29)22-18(31)23-17(13)30)24-25-15(28)8-1-3-21-4-2-8/h1-6,13,26H,7H2,(H,25,28)(H2,20,32,33)(H2,22,23,29,30,31)/b24-14+.